The molecular weight excluding hydrogens is 1990 g/mol. The SMILES string of the molecule is C1CCC([PH+](C2CCCCC2)C2CCCCC2)CC1.C=CCOc1cc(F)cc(C[C@H](NC(=O)C2CC(=O)N(CC=C)C2)[C@H](O)[C@H]2C(=O)N(Cc3ccccc3)CCN2C(=O)OC(C)(C)C)c1.CC(C)(C)OC(=O)N1CCN(Cc2ccccc2)C(=O)[C@@H]1[C@@H](O)[C@@H]1Cc2cc(F)cc(c2)OCC=CCN2CC(CC2=O)C(=O)N1.Cc1ccc(N2[CH-]N(c3c(C)cc(C)cc3C)CC2)c(C)c1.[Cl][Ru]([Cl])=[CH]c1ccccc1. The van der Waals surface area contributed by atoms with E-state index in [1.807, 2.05) is 95.6 Å². The van der Waals surface area contributed by atoms with E-state index in [-0.39, 0.29) is 136 Å². The Hall–Kier alpha value is -10.4. The molecule has 8 fully saturated rings. The second-order valence-corrected chi connectivity index (χ2v) is 50.9. The minimum atomic E-state index is -1.66. The van der Waals surface area contributed by atoms with E-state index in [0.717, 1.165) is 29.8 Å². The molecule has 6 aliphatic heterocycles. The van der Waals surface area contributed by atoms with E-state index in [1.165, 1.54) is 101 Å². The number of benzene rings is 7. The number of halogens is 4. The van der Waals surface area contributed by atoms with Crippen LogP contribution in [0.5, 0.6) is 11.5 Å². The zero-order chi connectivity index (χ0) is 104. The number of carbonyl (C=O) groups is 8. The molecule has 2 unspecified atom stereocenters. The molecule has 24 nitrogen and oxygen atoms in total. The van der Waals surface area contributed by atoms with Gasteiger partial charge in [-0.05, 0) is 241 Å². The number of likely N-dealkylation sites (tertiary alicyclic amines) is 1. The summed E-state index contributed by atoms with van der Waals surface area (Å²) in [5.41, 5.74) is 14.9. The number of aliphatic hydroxyl groups is 2. The molecular formula is C115H151Cl2F2N10O14PRu. The number of anilines is 2. The topological polar surface area (TPSA) is 264 Å². The van der Waals surface area contributed by atoms with Gasteiger partial charge in [-0.25, -0.2) is 18.4 Å². The Balaban J connectivity index is 0.000000176. The van der Waals surface area contributed by atoms with Crippen molar-refractivity contribution in [3.05, 3.63) is 269 Å². The average molecular weight is 2140 g/mol. The Labute approximate surface area is 871 Å². The predicted molar refractivity (Wildman–Crippen MR) is 571 cm³/mol. The fourth-order valence-corrected chi connectivity index (χ4v) is 28.5. The van der Waals surface area contributed by atoms with Crippen LogP contribution in [0.4, 0.5) is 29.7 Å². The molecule has 786 valence electrons. The van der Waals surface area contributed by atoms with E-state index in [9.17, 15) is 57.4 Å². The van der Waals surface area contributed by atoms with Crippen molar-refractivity contribution in [3.63, 3.8) is 0 Å². The van der Waals surface area contributed by atoms with Crippen LogP contribution in [0.2, 0.25) is 0 Å². The van der Waals surface area contributed by atoms with Crippen LogP contribution < -0.4 is 29.9 Å². The van der Waals surface area contributed by atoms with E-state index >= 15 is 0 Å². The van der Waals surface area contributed by atoms with E-state index in [2.05, 4.69) is 105 Å². The third kappa shape index (κ3) is 33.6. The van der Waals surface area contributed by atoms with E-state index in [0.29, 0.717) is 11.1 Å². The summed E-state index contributed by atoms with van der Waals surface area (Å²) in [5, 5.41) is 29.8. The molecule has 6 heterocycles. The molecule has 8 atom stereocenters. The zero-order valence-corrected chi connectivity index (χ0v) is 90.6. The first-order valence-corrected chi connectivity index (χ1v) is 58.7. The van der Waals surface area contributed by atoms with Crippen LogP contribution in [0.15, 0.2) is 195 Å². The van der Waals surface area contributed by atoms with Crippen LogP contribution in [0.25, 0.3) is 0 Å². The molecule has 3 saturated carbocycles. The number of hydrogen-bond donors (Lipinski definition) is 4. The van der Waals surface area contributed by atoms with Gasteiger partial charge in [0.15, 0.2) is 0 Å². The molecule has 4 N–H and O–H groups in total. The number of carbonyl (C=O) groups excluding carboxylic acids is 8. The number of fused-ring (bicyclic) bond motifs is 4. The maximum absolute atomic E-state index is 14.7. The first kappa shape index (κ1) is 113. The Morgan fingerprint density at radius 1 is 0.579 bits per heavy atom. The molecule has 5 saturated heterocycles. The van der Waals surface area contributed by atoms with Gasteiger partial charge < -0.3 is 69.2 Å². The summed E-state index contributed by atoms with van der Waals surface area (Å²) in [6.45, 7) is 34.9. The fraction of sp³-hybridized carbons (Fsp3) is 0.496. The van der Waals surface area contributed by atoms with Crippen molar-refractivity contribution in [1.29, 1.82) is 0 Å². The quantitative estimate of drug-likeness (QED) is 0.0201. The standard InChI is InChI=1S/C36H45FN4O7.C34H41FN4O7.C20H25N2.C18H33P.C7H6.2ClH.Ru/c1-6-13-39-23-26(20-30(39)42)33(44)38-29(19-25-17-27(37)21-28(18-25)47-16-7-2)32(43)31-34(45)40(22-24-11-9-8-10-12-24)14-15-41(31)35(46)48-36(3,4)5;1-34(2,3)46-33(44)39-13-12-38(20-22-9-5-4-6-10-22)32(43)29(39)30(41)27-17-23-15-25(35)19-26(16-23)45-14-8-7-11-37-21-24(18-28(37)40)31(42)36-27;1-14-6-7-19(16(3)10-14)21-8-9-22(13-21)20-17(4)11-15(2)12-18(20)5;1-4-10-16(11-5-1)19(17-12-6-2-7-13-17)18-14-8-3-9-15-18;1-7-5-3-2-4-6-7;;;/h6-12,17-18,21,26,29,31-32,43H,1-2,13-16,19-20,22-23H2,3-5H3,(H,38,44);4-10,15-16,19,24,27,29-30,41H,11-14,17-18,20-21H2,1-3H3,(H,36,42);6-7,10-13H,8-9H2,1-5H3;16-18H,1-15H2;1-6H;2*1H;/q;;-1;;;;;+2/p-1/t26?,29-,31-,32-;24?,27-,29-,30-;;;;;;/m00....../s1. The Morgan fingerprint density at radius 2 is 1.12 bits per heavy atom. The van der Waals surface area contributed by atoms with Crippen molar-refractivity contribution in [2.75, 3.05) is 88.5 Å². The summed E-state index contributed by atoms with van der Waals surface area (Å²) in [5.74, 6) is -4.61. The Kier molecular flexibility index (Phi) is 42.6. The fourth-order valence-electron chi connectivity index (χ4n) is 21.4. The monoisotopic (exact) mass is 2140 g/mol. The number of piperazine rings is 2. The van der Waals surface area contributed by atoms with Crippen molar-refractivity contribution in [3.8, 4) is 11.5 Å². The van der Waals surface area contributed by atoms with Gasteiger partial charge in [0.1, 0.15) is 71.8 Å². The van der Waals surface area contributed by atoms with Gasteiger partial charge in [0.2, 0.25) is 35.4 Å². The average Bonchev–Trinajstić information content (AvgIpc) is 1.55. The van der Waals surface area contributed by atoms with Gasteiger partial charge in [0, 0.05) is 123 Å². The number of aryl methyl sites for hydroxylation is 5. The molecule has 0 aromatic heterocycles. The number of nitrogens with one attached hydrogen (secondary N) is 2. The van der Waals surface area contributed by atoms with Crippen LogP contribution in [0, 0.1) is 64.8 Å². The third-order valence-corrected chi connectivity index (χ3v) is 34.4. The molecule has 9 aliphatic rings. The van der Waals surface area contributed by atoms with Gasteiger partial charge in [-0.1, -0.05) is 140 Å². The summed E-state index contributed by atoms with van der Waals surface area (Å²) < 4.78 is 53.9. The number of amides is 8. The van der Waals surface area contributed by atoms with Crippen molar-refractivity contribution in [1.82, 2.24) is 40.0 Å². The third-order valence-electron chi connectivity index (χ3n) is 28.0. The van der Waals surface area contributed by atoms with Crippen molar-refractivity contribution in [2.45, 2.75) is 276 Å². The molecule has 30 heteroatoms. The number of nitrogens with zero attached hydrogens (tertiary/aromatic N) is 8. The number of aliphatic hydroxyl groups excluding tert-OH is 2. The van der Waals surface area contributed by atoms with Crippen LogP contribution >= 0.6 is 27.3 Å². The summed E-state index contributed by atoms with van der Waals surface area (Å²) >= 11 is -1.61. The molecule has 145 heavy (non-hydrogen) atoms. The molecule has 8 amide bonds. The minimum absolute atomic E-state index is 0.0135. The zero-order valence-electron chi connectivity index (χ0n) is 86.3. The first-order chi connectivity index (χ1) is 69.4. The second-order valence-electron chi connectivity index (χ2n) is 41.8. The molecule has 7 aromatic carbocycles. The molecule has 3 aliphatic carbocycles. The Morgan fingerprint density at radius 3 is 1.66 bits per heavy atom. The first-order valence-electron chi connectivity index (χ1n) is 51.5. The number of rotatable bonds is 23. The van der Waals surface area contributed by atoms with Crippen molar-refractivity contribution < 1.29 is 89.8 Å². The summed E-state index contributed by atoms with van der Waals surface area (Å²) in [7, 11) is 11.3. The molecule has 0 radical (unpaired) electrons. The number of hydrogen-bond acceptors (Lipinski definition) is 16. The van der Waals surface area contributed by atoms with Gasteiger partial charge in [-0.2, -0.15) is 6.67 Å². The maximum atomic E-state index is 14.7. The van der Waals surface area contributed by atoms with Gasteiger partial charge in [-0.3, -0.25) is 38.6 Å². The van der Waals surface area contributed by atoms with Gasteiger partial charge in [-0.15, -0.1) is 6.58 Å². The Bertz CT molecular complexity index is 5520. The summed E-state index contributed by atoms with van der Waals surface area (Å²) in [6, 6.07) is 42.7. The van der Waals surface area contributed by atoms with E-state index in [1.54, 1.807) is 183 Å². The molecule has 16 rings (SSSR count). The van der Waals surface area contributed by atoms with E-state index in [4.69, 9.17) is 38.3 Å². The van der Waals surface area contributed by atoms with Crippen LogP contribution in [-0.2, 0) is 77.7 Å². The second kappa shape index (κ2) is 54.5. The number of ether oxygens (including phenoxy) is 4. The van der Waals surface area contributed by atoms with Crippen molar-refractivity contribution in [2.24, 2.45) is 11.8 Å². The van der Waals surface area contributed by atoms with Gasteiger partial charge in [0.05, 0.1) is 40.9 Å². The van der Waals surface area contributed by atoms with Crippen molar-refractivity contribution >= 4 is 90.9 Å². The summed E-state index contributed by atoms with van der Waals surface area (Å²) in [4.78, 5) is 121. The van der Waals surface area contributed by atoms with Crippen LogP contribution in [0.1, 0.15) is 206 Å². The van der Waals surface area contributed by atoms with Crippen LogP contribution in [0.3, 0.4) is 0 Å². The van der Waals surface area contributed by atoms with Crippen LogP contribution in [-0.4, -0.2) is 235 Å². The predicted octanol–water partition coefficient (Wildman–Crippen LogP) is 19.8. The molecule has 0 spiro atoms. The normalized spacial score (nSPS) is 20.6. The van der Waals surface area contributed by atoms with Gasteiger partial charge in [0.25, 0.3) is 0 Å². The molecule has 4 bridgehead atoms. The van der Waals surface area contributed by atoms with E-state index < -0.39 is 120 Å². The molecule has 7 aromatic rings. The van der Waals surface area contributed by atoms with Gasteiger partial charge >= 0.3 is 85.6 Å². The summed E-state index contributed by atoms with van der Waals surface area (Å²) in [6.07, 6.45) is 25.2.